The fraction of sp³-hybridized carbons (Fsp3) is 0.913. The minimum Gasteiger partial charge on any atom is -0.377 e. The van der Waals surface area contributed by atoms with E-state index in [2.05, 4.69) is 51.9 Å². The van der Waals surface area contributed by atoms with Gasteiger partial charge in [-0.25, -0.2) is 0 Å². The summed E-state index contributed by atoms with van der Waals surface area (Å²) >= 11 is 0. The average molecular weight is 346 g/mol. The van der Waals surface area contributed by atoms with E-state index in [1.54, 1.807) is 0 Å². The Kier molecular flexibility index (Phi) is 4.94. The molecule has 3 fully saturated rings. The Balaban J connectivity index is 1.58. The highest BCUT2D eigenvalue weighted by molar-refractivity contribution is 5.06. The van der Waals surface area contributed by atoms with Crippen LogP contribution >= 0.6 is 0 Å². The smallest absolute Gasteiger partial charge is 0.0661 e. The third-order valence-electron chi connectivity index (χ3n) is 8.59. The zero-order valence-electron chi connectivity index (χ0n) is 17.0. The Morgan fingerprint density at radius 2 is 1.84 bits per heavy atom. The topological polar surface area (TPSA) is 12.5 Å². The number of hydrogen-bond acceptors (Lipinski definition) is 2. The lowest BCUT2D eigenvalue weighted by Gasteiger charge is -2.49. The Bertz CT molecular complexity index is 500. The van der Waals surface area contributed by atoms with Gasteiger partial charge in [-0.05, 0) is 80.2 Å². The molecule has 25 heavy (non-hydrogen) atoms. The van der Waals surface area contributed by atoms with Gasteiger partial charge in [-0.2, -0.15) is 0 Å². The van der Waals surface area contributed by atoms with Crippen molar-refractivity contribution in [2.75, 3.05) is 7.05 Å². The van der Waals surface area contributed by atoms with Gasteiger partial charge in [0.1, 0.15) is 0 Å². The van der Waals surface area contributed by atoms with Crippen LogP contribution in [0.15, 0.2) is 12.3 Å². The van der Waals surface area contributed by atoms with E-state index in [1.165, 1.54) is 38.5 Å². The van der Waals surface area contributed by atoms with Crippen LogP contribution in [0.1, 0.15) is 66.2 Å². The predicted octanol–water partition coefficient (Wildman–Crippen LogP) is 5.34. The Labute approximate surface area is 155 Å². The van der Waals surface area contributed by atoms with Crippen LogP contribution in [0, 0.1) is 41.4 Å². The molecule has 2 aliphatic heterocycles. The maximum Gasteiger partial charge on any atom is 0.0661 e. The fourth-order valence-corrected chi connectivity index (χ4v) is 6.85. The van der Waals surface area contributed by atoms with Crippen molar-refractivity contribution in [3.8, 4) is 0 Å². The summed E-state index contributed by atoms with van der Waals surface area (Å²) in [7, 11) is 2.29. The molecule has 4 aliphatic rings. The van der Waals surface area contributed by atoms with E-state index in [9.17, 15) is 0 Å². The van der Waals surface area contributed by atoms with Crippen LogP contribution in [0.3, 0.4) is 0 Å². The van der Waals surface area contributed by atoms with Gasteiger partial charge in [-0.15, -0.1) is 0 Å². The summed E-state index contributed by atoms with van der Waals surface area (Å²) in [5.74, 6) is 5.76. The molecule has 0 N–H and O–H groups in total. The molecule has 2 aliphatic carbocycles. The van der Waals surface area contributed by atoms with Crippen molar-refractivity contribution in [3.05, 3.63) is 12.3 Å². The molecule has 142 valence electrons. The quantitative estimate of drug-likeness (QED) is 0.669. The molecule has 0 amide bonds. The summed E-state index contributed by atoms with van der Waals surface area (Å²) in [6.07, 6.45) is 13.8. The van der Waals surface area contributed by atoms with E-state index in [-0.39, 0.29) is 0 Å². The van der Waals surface area contributed by atoms with Gasteiger partial charge in [-0.3, -0.25) is 0 Å². The molecule has 0 aromatic carbocycles. The molecule has 9 atom stereocenters. The standard InChI is InChI=1S/C23H39NO/c1-14(2)17-9-10-21-18(13-17)19-12-15(3)16(4)22(23(19)25-21)20-8-6-7-11-24(20)5/h7,11,14-23H,6,8-10,12-13H2,1-5H3/t15?,16?,17-,18?,19?,20?,21?,22?,23+/m0/s1. The van der Waals surface area contributed by atoms with Gasteiger partial charge in [0.25, 0.3) is 0 Å². The number of allylic oxidation sites excluding steroid dienone is 1. The summed E-state index contributed by atoms with van der Waals surface area (Å²) < 4.78 is 6.88. The van der Waals surface area contributed by atoms with Gasteiger partial charge < -0.3 is 9.64 Å². The van der Waals surface area contributed by atoms with E-state index in [0.29, 0.717) is 24.2 Å². The summed E-state index contributed by atoms with van der Waals surface area (Å²) in [4.78, 5) is 2.50. The van der Waals surface area contributed by atoms with Crippen molar-refractivity contribution in [2.45, 2.75) is 84.5 Å². The highest BCUT2D eigenvalue weighted by Crippen LogP contribution is 2.55. The maximum absolute atomic E-state index is 6.88. The van der Waals surface area contributed by atoms with Crippen molar-refractivity contribution < 1.29 is 4.74 Å². The first-order valence-electron chi connectivity index (χ1n) is 11.0. The Morgan fingerprint density at radius 3 is 2.56 bits per heavy atom. The SMILES string of the molecule is CC1CC2C3C[C@@H](C(C)C)CCC3O[C@H]2C(C2CCC=CN2C)C1C. The molecule has 7 unspecified atom stereocenters. The molecule has 1 saturated heterocycles. The molecule has 2 saturated carbocycles. The Morgan fingerprint density at radius 1 is 1.04 bits per heavy atom. The molecule has 4 rings (SSSR count). The third-order valence-corrected chi connectivity index (χ3v) is 8.59. The first-order chi connectivity index (χ1) is 12.0. The highest BCUT2D eigenvalue weighted by atomic mass is 16.5. The number of nitrogens with zero attached hydrogens (tertiary/aromatic N) is 1. The zero-order chi connectivity index (χ0) is 17.7. The first-order valence-corrected chi connectivity index (χ1v) is 11.0. The van der Waals surface area contributed by atoms with Crippen LogP contribution in [0.4, 0.5) is 0 Å². The summed E-state index contributed by atoms with van der Waals surface area (Å²) in [6.45, 7) is 9.88. The van der Waals surface area contributed by atoms with Gasteiger partial charge in [0.05, 0.1) is 12.2 Å². The number of rotatable bonds is 2. The molecule has 0 bridgehead atoms. The third kappa shape index (κ3) is 3.07. The zero-order valence-corrected chi connectivity index (χ0v) is 17.0. The fourth-order valence-electron chi connectivity index (χ4n) is 6.85. The largest absolute Gasteiger partial charge is 0.377 e. The second-order valence-electron chi connectivity index (χ2n) is 10.1. The van der Waals surface area contributed by atoms with Gasteiger partial charge in [0, 0.05) is 19.0 Å². The monoisotopic (exact) mass is 345 g/mol. The second kappa shape index (κ2) is 6.91. The molecular weight excluding hydrogens is 306 g/mol. The van der Waals surface area contributed by atoms with Crippen molar-refractivity contribution in [1.29, 1.82) is 0 Å². The summed E-state index contributed by atoms with van der Waals surface area (Å²) in [5, 5.41) is 0. The molecule has 2 heteroatoms. The minimum atomic E-state index is 0.520. The Hall–Kier alpha value is -0.500. The van der Waals surface area contributed by atoms with Gasteiger partial charge in [0.2, 0.25) is 0 Å². The molecular formula is C23H39NO. The van der Waals surface area contributed by atoms with E-state index in [4.69, 9.17) is 4.74 Å². The maximum atomic E-state index is 6.88. The van der Waals surface area contributed by atoms with Crippen molar-refractivity contribution in [1.82, 2.24) is 4.90 Å². The van der Waals surface area contributed by atoms with Crippen LogP contribution in [-0.2, 0) is 4.74 Å². The van der Waals surface area contributed by atoms with E-state index in [0.717, 1.165) is 35.5 Å². The number of hydrogen-bond donors (Lipinski definition) is 0. The van der Waals surface area contributed by atoms with E-state index in [1.807, 2.05) is 0 Å². The normalized spacial score (nSPS) is 50.0. The number of ether oxygens (including phenoxy) is 1. The van der Waals surface area contributed by atoms with Gasteiger partial charge in [-0.1, -0.05) is 33.8 Å². The summed E-state index contributed by atoms with van der Waals surface area (Å²) in [6, 6.07) is 0.677. The molecule has 0 spiro atoms. The molecule has 2 heterocycles. The van der Waals surface area contributed by atoms with Crippen LogP contribution in [0.5, 0.6) is 0 Å². The van der Waals surface area contributed by atoms with E-state index < -0.39 is 0 Å². The van der Waals surface area contributed by atoms with Crippen LogP contribution in [0.2, 0.25) is 0 Å². The van der Waals surface area contributed by atoms with Gasteiger partial charge in [0.15, 0.2) is 0 Å². The van der Waals surface area contributed by atoms with E-state index >= 15 is 0 Å². The van der Waals surface area contributed by atoms with Crippen molar-refractivity contribution in [2.24, 2.45) is 41.4 Å². The van der Waals surface area contributed by atoms with Crippen LogP contribution in [0.25, 0.3) is 0 Å². The summed E-state index contributed by atoms with van der Waals surface area (Å²) in [5.41, 5.74) is 0. The van der Waals surface area contributed by atoms with Gasteiger partial charge >= 0.3 is 0 Å². The minimum absolute atomic E-state index is 0.520. The first kappa shape index (κ1) is 17.9. The lowest BCUT2D eigenvalue weighted by Crippen LogP contribution is -2.51. The molecule has 0 radical (unpaired) electrons. The molecule has 0 aromatic rings. The lowest BCUT2D eigenvalue weighted by atomic mass is 9.59. The number of fused-ring (bicyclic) bond motifs is 3. The lowest BCUT2D eigenvalue weighted by molar-refractivity contribution is -0.0790. The molecule has 0 aromatic heterocycles. The van der Waals surface area contributed by atoms with Crippen LogP contribution < -0.4 is 0 Å². The van der Waals surface area contributed by atoms with Crippen LogP contribution in [-0.4, -0.2) is 30.2 Å². The van der Waals surface area contributed by atoms with Crippen molar-refractivity contribution >= 4 is 0 Å². The second-order valence-corrected chi connectivity index (χ2v) is 10.1. The highest BCUT2D eigenvalue weighted by Gasteiger charge is 2.55. The predicted molar refractivity (Wildman–Crippen MR) is 104 cm³/mol. The molecule has 2 nitrogen and oxygen atoms in total. The average Bonchev–Trinajstić information content (AvgIpc) is 2.94. The van der Waals surface area contributed by atoms with Crippen molar-refractivity contribution in [3.63, 3.8) is 0 Å².